The van der Waals surface area contributed by atoms with Crippen LogP contribution in [0.1, 0.15) is 23.2 Å². The smallest absolute Gasteiger partial charge is 0.262 e. The minimum Gasteiger partial charge on any atom is -0.381 e. The molecule has 0 unspecified atom stereocenters. The highest BCUT2D eigenvalue weighted by Gasteiger charge is 2.31. The number of halogens is 3. The molecule has 0 heterocycles. The van der Waals surface area contributed by atoms with Crippen LogP contribution in [-0.2, 0) is 13.8 Å². The lowest BCUT2D eigenvalue weighted by molar-refractivity contribution is 0.0176. The summed E-state index contributed by atoms with van der Waals surface area (Å²) in [4.78, 5) is 11.6. The number of carbonyl (C=O) groups is 1. The molecule has 1 N–H and O–H groups in total. The number of hydrogen-bond acceptors (Lipinski definition) is 4. The van der Waals surface area contributed by atoms with Gasteiger partial charge in [-0.3, -0.25) is 4.79 Å². The first kappa shape index (κ1) is 16.7. The van der Waals surface area contributed by atoms with Gasteiger partial charge in [0, 0.05) is 23.8 Å². The number of nitrogens with one attached hydrogen (secondary N) is 1. The van der Waals surface area contributed by atoms with Gasteiger partial charge in [0.15, 0.2) is 0 Å². The molecule has 116 valence electrons. The van der Waals surface area contributed by atoms with Gasteiger partial charge in [0.2, 0.25) is 0 Å². The van der Waals surface area contributed by atoms with Crippen LogP contribution in [0.3, 0.4) is 0 Å². The Kier molecular flexibility index (Phi) is 4.92. The lowest BCUT2D eigenvalue weighted by atomic mass is 9.89. The lowest BCUT2D eigenvalue weighted by Crippen LogP contribution is -2.47. The van der Waals surface area contributed by atoms with E-state index in [1.807, 2.05) is 0 Å². The van der Waals surface area contributed by atoms with Crippen LogP contribution in [0, 0.1) is 5.82 Å². The predicted octanol–water partition coefficient (Wildman–Crippen LogP) is 2.42. The van der Waals surface area contributed by atoms with Crippen molar-refractivity contribution in [3.8, 4) is 0 Å². The quantitative estimate of drug-likeness (QED) is 0.788. The zero-order valence-corrected chi connectivity index (χ0v) is 14.1. The number of amides is 1. The van der Waals surface area contributed by atoms with Gasteiger partial charge in [-0.05, 0) is 40.9 Å². The van der Waals surface area contributed by atoms with Crippen LogP contribution < -0.4 is 5.32 Å². The van der Waals surface area contributed by atoms with Gasteiger partial charge in [-0.1, -0.05) is 0 Å². The fraction of sp³-hybridized carbons (Fsp3) is 0.417. The largest absolute Gasteiger partial charge is 0.381 e. The molecule has 1 fully saturated rings. The van der Waals surface area contributed by atoms with E-state index in [9.17, 15) is 17.6 Å². The Morgan fingerprint density at radius 2 is 2.10 bits per heavy atom. The second-order valence-electron chi connectivity index (χ2n) is 4.70. The highest BCUT2D eigenvalue weighted by molar-refractivity contribution is 9.10. The number of hydrogen-bond donors (Lipinski definition) is 1. The summed E-state index contributed by atoms with van der Waals surface area (Å²) in [5.74, 6) is -1.42. The number of benzene rings is 1. The van der Waals surface area contributed by atoms with Crippen molar-refractivity contribution in [3.63, 3.8) is 0 Å². The van der Waals surface area contributed by atoms with Crippen molar-refractivity contribution in [2.75, 3.05) is 7.11 Å². The van der Waals surface area contributed by atoms with Crippen LogP contribution in [-0.4, -0.2) is 33.6 Å². The first-order valence-corrected chi connectivity index (χ1v) is 9.10. The normalized spacial score (nSPS) is 21.7. The standard InChI is InChI=1S/C12H12BrClFNO4S/c1-20-8-4-7(5-8)16-12(17)9-2-6(15)3-10(11(9)13)21(14,18)19/h2-3,7-8H,4-5H2,1H3,(H,16,17). The van der Waals surface area contributed by atoms with Gasteiger partial charge in [-0.15, -0.1) is 0 Å². The Bertz CT molecular complexity index is 676. The van der Waals surface area contributed by atoms with Gasteiger partial charge >= 0.3 is 0 Å². The SMILES string of the molecule is COC1CC(NC(=O)c2cc(F)cc(S(=O)(=O)Cl)c2Br)C1. The second-order valence-corrected chi connectivity index (χ2v) is 8.03. The van der Waals surface area contributed by atoms with Crippen LogP contribution in [0.2, 0.25) is 0 Å². The van der Waals surface area contributed by atoms with Crippen LogP contribution in [0.5, 0.6) is 0 Å². The molecule has 2 rings (SSSR count). The molecular weight excluding hydrogens is 389 g/mol. The fourth-order valence-electron chi connectivity index (χ4n) is 2.05. The topological polar surface area (TPSA) is 72.5 Å². The van der Waals surface area contributed by atoms with Crippen molar-refractivity contribution < 1.29 is 22.3 Å². The van der Waals surface area contributed by atoms with E-state index < -0.39 is 25.7 Å². The molecule has 0 saturated heterocycles. The monoisotopic (exact) mass is 399 g/mol. The molecule has 1 aliphatic rings. The minimum absolute atomic E-state index is 0.0565. The maximum atomic E-state index is 13.5. The van der Waals surface area contributed by atoms with Gasteiger partial charge < -0.3 is 10.1 Å². The number of carbonyl (C=O) groups excluding carboxylic acids is 1. The van der Waals surface area contributed by atoms with Crippen molar-refractivity contribution in [2.24, 2.45) is 0 Å². The van der Waals surface area contributed by atoms with Crippen LogP contribution >= 0.6 is 26.6 Å². The molecule has 0 bridgehead atoms. The van der Waals surface area contributed by atoms with Crippen molar-refractivity contribution in [3.05, 3.63) is 28.0 Å². The summed E-state index contributed by atoms with van der Waals surface area (Å²) in [6.45, 7) is 0. The van der Waals surface area contributed by atoms with E-state index in [0.29, 0.717) is 12.8 Å². The summed E-state index contributed by atoms with van der Waals surface area (Å²) in [5.41, 5.74) is -0.116. The van der Waals surface area contributed by atoms with Crippen molar-refractivity contribution in [1.82, 2.24) is 5.32 Å². The summed E-state index contributed by atoms with van der Waals surface area (Å²) in [7, 11) is 2.65. The van der Waals surface area contributed by atoms with E-state index in [1.54, 1.807) is 7.11 Å². The Morgan fingerprint density at radius 1 is 1.48 bits per heavy atom. The molecule has 1 aromatic rings. The average Bonchev–Trinajstić information content (AvgIpc) is 2.33. The molecule has 0 aromatic heterocycles. The molecule has 1 amide bonds. The first-order chi connectivity index (χ1) is 9.72. The number of rotatable bonds is 4. The summed E-state index contributed by atoms with van der Waals surface area (Å²) in [6.07, 6.45) is 1.43. The molecule has 1 aliphatic carbocycles. The van der Waals surface area contributed by atoms with Crippen molar-refractivity contribution in [2.45, 2.75) is 29.9 Å². The number of methoxy groups -OCH3 is 1. The van der Waals surface area contributed by atoms with Gasteiger partial charge in [-0.2, -0.15) is 0 Å². The van der Waals surface area contributed by atoms with Crippen LogP contribution in [0.15, 0.2) is 21.5 Å². The molecule has 0 aliphatic heterocycles. The van der Waals surface area contributed by atoms with Gasteiger partial charge in [0.25, 0.3) is 15.0 Å². The molecule has 1 aromatic carbocycles. The highest BCUT2D eigenvalue weighted by atomic mass is 79.9. The summed E-state index contributed by atoms with van der Waals surface area (Å²) < 4.78 is 41.3. The summed E-state index contributed by atoms with van der Waals surface area (Å²) in [6, 6.07) is 1.64. The van der Waals surface area contributed by atoms with E-state index in [0.717, 1.165) is 12.1 Å². The van der Waals surface area contributed by atoms with E-state index in [1.165, 1.54) is 0 Å². The molecule has 0 spiro atoms. The Labute approximate surface area is 134 Å². The van der Waals surface area contributed by atoms with E-state index in [-0.39, 0.29) is 22.2 Å². The maximum absolute atomic E-state index is 13.5. The minimum atomic E-state index is -4.16. The fourth-order valence-corrected chi connectivity index (χ4v) is 4.32. The highest BCUT2D eigenvalue weighted by Crippen LogP contribution is 2.30. The summed E-state index contributed by atoms with van der Waals surface area (Å²) >= 11 is 2.99. The third-order valence-corrected chi connectivity index (χ3v) is 5.74. The van der Waals surface area contributed by atoms with Gasteiger partial charge in [0.1, 0.15) is 10.7 Å². The third-order valence-electron chi connectivity index (χ3n) is 3.27. The van der Waals surface area contributed by atoms with Gasteiger partial charge in [0.05, 0.1) is 16.1 Å². The van der Waals surface area contributed by atoms with E-state index >= 15 is 0 Å². The Balaban J connectivity index is 2.24. The average molecular weight is 401 g/mol. The molecular formula is C12H12BrClFNO4S. The molecule has 0 atom stereocenters. The molecule has 21 heavy (non-hydrogen) atoms. The Morgan fingerprint density at radius 3 is 2.62 bits per heavy atom. The summed E-state index contributed by atoms with van der Waals surface area (Å²) in [5, 5.41) is 2.69. The van der Waals surface area contributed by atoms with E-state index in [2.05, 4.69) is 21.2 Å². The second kappa shape index (κ2) is 6.20. The van der Waals surface area contributed by atoms with Gasteiger partial charge in [-0.25, -0.2) is 12.8 Å². The zero-order valence-electron chi connectivity index (χ0n) is 10.9. The molecule has 5 nitrogen and oxygen atoms in total. The van der Waals surface area contributed by atoms with Crippen molar-refractivity contribution >= 4 is 41.6 Å². The maximum Gasteiger partial charge on any atom is 0.262 e. The third kappa shape index (κ3) is 3.74. The number of ether oxygens (including phenoxy) is 1. The van der Waals surface area contributed by atoms with Crippen LogP contribution in [0.25, 0.3) is 0 Å². The lowest BCUT2D eigenvalue weighted by Gasteiger charge is -2.34. The predicted molar refractivity (Wildman–Crippen MR) is 78.4 cm³/mol. The molecule has 0 radical (unpaired) electrons. The molecule has 9 heteroatoms. The van der Waals surface area contributed by atoms with Crippen molar-refractivity contribution in [1.29, 1.82) is 0 Å². The van der Waals surface area contributed by atoms with E-state index in [4.69, 9.17) is 15.4 Å². The molecule has 1 saturated carbocycles. The Hall–Kier alpha value is -0.700. The zero-order chi connectivity index (χ0) is 15.8. The van der Waals surface area contributed by atoms with Crippen LogP contribution in [0.4, 0.5) is 4.39 Å². The first-order valence-electron chi connectivity index (χ1n) is 5.99.